The van der Waals surface area contributed by atoms with E-state index < -0.39 is 0 Å². The van der Waals surface area contributed by atoms with E-state index in [-0.39, 0.29) is 5.91 Å². The molecule has 1 aromatic carbocycles. The standard InChI is InChI=1S/C18H23N5O2/c1-3-19-18-20-12-14(13-21-18)17(24)23-10-8-22(9-11-23)15-6-4-5-7-16(15)25-2/h4-7,12-13H,3,8-11H2,1-2H3,(H,19,20,21). The van der Waals surface area contributed by atoms with Crippen molar-refractivity contribution in [2.24, 2.45) is 0 Å². The molecule has 1 aliphatic rings. The van der Waals surface area contributed by atoms with Gasteiger partial charge in [0.2, 0.25) is 5.95 Å². The van der Waals surface area contributed by atoms with Crippen LogP contribution in [0.1, 0.15) is 17.3 Å². The average Bonchev–Trinajstić information content (AvgIpc) is 2.68. The molecule has 0 bridgehead atoms. The molecule has 7 nitrogen and oxygen atoms in total. The minimum Gasteiger partial charge on any atom is -0.495 e. The van der Waals surface area contributed by atoms with E-state index in [0.29, 0.717) is 24.6 Å². The topological polar surface area (TPSA) is 70.6 Å². The van der Waals surface area contributed by atoms with Gasteiger partial charge in [0.05, 0.1) is 18.4 Å². The molecule has 1 fully saturated rings. The van der Waals surface area contributed by atoms with Gasteiger partial charge in [0, 0.05) is 45.1 Å². The second-order valence-corrected chi connectivity index (χ2v) is 5.78. The zero-order valence-electron chi connectivity index (χ0n) is 14.6. The van der Waals surface area contributed by atoms with E-state index in [1.54, 1.807) is 19.5 Å². The Bertz CT molecular complexity index is 712. The van der Waals surface area contributed by atoms with E-state index in [0.717, 1.165) is 31.1 Å². The van der Waals surface area contributed by atoms with Crippen molar-refractivity contribution in [3.8, 4) is 5.75 Å². The zero-order chi connectivity index (χ0) is 17.6. The molecule has 0 saturated carbocycles. The molecule has 25 heavy (non-hydrogen) atoms. The van der Waals surface area contributed by atoms with E-state index >= 15 is 0 Å². The van der Waals surface area contributed by atoms with E-state index in [9.17, 15) is 4.79 Å². The number of para-hydroxylation sites is 2. The van der Waals surface area contributed by atoms with Gasteiger partial charge in [-0.15, -0.1) is 0 Å². The Morgan fingerprint density at radius 2 is 1.84 bits per heavy atom. The van der Waals surface area contributed by atoms with Crippen molar-refractivity contribution in [3.63, 3.8) is 0 Å². The molecule has 1 saturated heterocycles. The SMILES string of the molecule is CCNc1ncc(C(=O)N2CCN(c3ccccc3OC)CC2)cn1. The van der Waals surface area contributed by atoms with Gasteiger partial charge < -0.3 is 19.9 Å². The predicted octanol–water partition coefficient (Wildman–Crippen LogP) is 1.88. The smallest absolute Gasteiger partial charge is 0.257 e. The number of rotatable bonds is 5. The number of benzene rings is 1. The molecule has 7 heteroatoms. The Kier molecular flexibility index (Phi) is 5.33. The summed E-state index contributed by atoms with van der Waals surface area (Å²) in [5.41, 5.74) is 1.59. The zero-order valence-corrected chi connectivity index (χ0v) is 14.6. The number of ether oxygens (including phenoxy) is 1. The third-order valence-electron chi connectivity index (χ3n) is 4.23. The maximum atomic E-state index is 12.6. The van der Waals surface area contributed by atoms with Gasteiger partial charge in [-0.3, -0.25) is 4.79 Å². The number of nitrogens with one attached hydrogen (secondary N) is 1. The van der Waals surface area contributed by atoms with Gasteiger partial charge in [-0.1, -0.05) is 12.1 Å². The molecule has 0 aliphatic carbocycles. The highest BCUT2D eigenvalue weighted by Crippen LogP contribution is 2.28. The van der Waals surface area contributed by atoms with E-state index in [1.165, 1.54) is 0 Å². The van der Waals surface area contributed by atoms with Crippen LogP contribution in [0.2, 0.25) is 0 Å². The lowest BCUT2D eigenvalue weighted by Crippen LogP contribution is -2.48. The summed E-state index contributed by atoms with van der Waals surface area (Å²) in [5.74, 6) is 1.37. The van der Waals surface area contributed by atoms with Crippen molar-refractivity contribution in [3.05, 3.63) is 42.2 Å². The lowest BCUT2D eigenvalue weighted by Gasteiger charge is -2.36. The molecule has 3 rings (SSSR count). The van der Waals surface area contributed by atoms with Gasteiger partial charge >= 0.3 is 0 Å². The Balaban J connectivity index is 1.62. The second kappa shape index (κ2) is 7.83. The molecule has 2 aromatic rings. The number of hydrogen-bond acceptors (Lipinski definition) is 6. The summed E-state index contributed by atoms with van der Waals surface area (Å²) in [6.45, 7) is 5.57. The first-order valence-electron chi connectivity index (χ1n) is 8.46. The van der Waals surface area contributed by atoms with Crippen molar-refractivity contribution in [1.82, 2.24) is 14.9 Å². The van der Waals surface area contributed by atoms with Gasteiger partial charge in [0.1, 0.15) is 5.75 Å². The third kappa shape index (κ3) is 3.81. The largest absolute Gasteiger partial charge is 0.495 e. The summed E-state index contributed by atoms with van der Waals surface area (Å²) < 4.78 is 5.43. The quantitative estimate of drug-likeness (QED) is 0.895. The van der Waals surface area contributed by atoms with Crippen LogP contribution >= 0.6 is 0 Å². The summed E-state index contributed by atoms with van der Waals surface area (Å²) in [7, 11) is 1.68. The van der Waals surface area contributed by atoms with Crippen molar-refractivity contribution in [2.45, 2.75) is 6.92 Å². The molecule has 1 aromatic heterocycles. The molecule has 2 heterocycles. The maximum absolute atomic E-state index is 12.6. The van der Waals surface area contributed by atoms with Crippen LogP contribution < -0.4 is 15.0 Å². The lowest BCUT2D eigenvalue weighted by molar-refractivity contribution is 0.0746. The molecular formula is C18H23N5O2. The molecule has 1 amide bonds. The fourth-order valence-corrected chi connectivity index (χ4v) is 2.91. The van der Waals surface area contributed by atoms with Crippen LogP contribution in [0, 0.1) is 0 Å². The van der Waals surface area contributed by atoms with Gasteiger partial charge in [0.15, 0.2) is 0 Å². The Hall–Kier alpha value is -2.83. The first kappa shape index (κ1) is 17.0. The number of hydrogen-bond donors (Lipinski definition) is 1. The number of anilines is 2. The van der Waals surface area contributed by atoms with Gasteiger partial charge in [-0.25, -0.2) is 9.97 Å². The molecule has 0 unspecified atom stereocenters. The van der Waals surface area contributed by atoms with Crippen molar-refractivity contribution in [2.75, 3.05) is 50.1 Å². The predicted molar refractivity (Wildman–Crippen MR) is 97.3 cm³/mol. The highest BCUT2D eigenvalue weighted by Gasteiger charge is 2.24. The third-order valence-corrected chi connectivity index (χ3v) is 4.23. The Morgan fingerprint density at radius 1 is 1.16 bits per heavy atom. The van der Waals surface area contributed by atoms with Gasteiger partial charge in [0.25, 0.3) is 5.91 Å². The fraction of sp³-hybridized carbons (Fsp3) is 0.389. The molecule has 0 spiro atoms. The van der Waals surface area contributed by atoms with Crippen LogP contribution in [0.3, 0.4) is 0 Å². The number of aromatic nitrogens is 2. The summed E-state index contributed by atoms with van der Waals surface area (Å²) >= 11 is 0. The van der Waals surface area contributed by atoms with E-state index in [4.69, 9.17) is 4.74 Å². The first-order chi connectivity index (χ1) is 12.2. The number of methoxy groups -OCH3 is 1. The van der Waals surface area contributed by atoms with E-state index in [1.807, 2.05) is 36.1 Å². The minimum atomic E-state index is -0.0253. The summed E-state index contributed by atoms with van der Waals surface area (Å²) in [4.78, 5) is 25.1. The molecular weight excluding hydrogens is 318 g/mol. The van der Waals surface area contributed by atoms with Crippen LogP contribution in [-0.4, -0.2) is 60.6 Å². The van der Waals surface area contributed by atoms with Crippen LogP contribution in [0.4, 0.5) is 11.6 Å². The highest BCUT2D eigenvalue weighted by atomic mass is 16.5. The van der Waals surface area contributed by atoms with Gasteiger partial charge in [-0.05, 0) is 19.1 Å². The monoisotopic (exact) mass is 341 g/mol. The van der Waals surface area contributed by atoms with Crippen LogP contribution in [0.15, 0.2) is 36.7 Å². The molecule has 1 aliphatic heterocycles. The Labute approximate surface area is 147 Å². The summed E-state index contributed by atoms with van der Waals surface area (Å²) in [6.07, 6.45) is 3.17. The summed E-state index contributed by atoms with van der Waals surface area (Å²) in [6, 6.07) is 7.96. The number of carbonyl (C=O) groups is 1. The molecule has 0 atom stereocenters. The number of piperazine rings is 1. The fourth-order valence-electron chi connectivity index (χ4n) is 2.91. The van der Waals surface area contributed by atoms with Crippen LogP contribution in [0.25, 0.3) is 0 Å². The lowest BCUT2D eigenvalue weighted by atomic mass is 10.2. The minimum absolute atomic E-state index is 0.0253. The first-order valence-corrected chi connectivity index (χ1v) is 8.46. The highest BCUT2D eigenvalue weighted by molar-refractivity contribution is 5.93. The Morgan fingerprint density at radius 3 is 2.48 bits per heavy atom. The van der Waals surface area contributed by atoms with Crippen molar-refractivity contribution in [1.29, 1.82) is 0 Å². The average molecular weight is 341 g/mol. The number of carbonyl (C=O) groups excluding carboxylic acids is 1. The number of nitrogens with zero attached hydrogens (tertiary/aromatic N) is 4. The van der Waals surface area contributed by atoms with Crippen molar-refractivity contribution < 1.29 is 9.53 Å². The van der Waals surface area contributed by atoms with E-state index in [2.05, 4.69) is 20.2 Å². The van der Waals surface area contributed by atoms with Crippen LogP contribution in [-0.2, 0) is 0 Å². The normalized spacial score (nSPS) is 14.3. The summed E-state index contributed by atoms with van der Waals surface area (Å²) in [5, 5.41) is 3.02. The van der Waals surface area contributed by atoms with Crippen LogP contribution in [0.5, 0.6) is 5.75 Å². The van der Waals surface area contributed by atoms with Gasteiger partial charge in [-0.2, -0.15) is 0 Å². The molecule has 0 radical (unpaired) electrons. The molecule has 132 valence electrons. The maximum Gasteiger partial charge on any atom is 0.257 e. The molecule has 1 N–H and O–H groups in total. The number of amides is 1. The second-order valence-electron chi connectivity index (χ2n) is 5.78. The van der Waals surface area contributed by atoms with Crippen molar-refractivity contribution >= 4 is 17.5 Å².